The van der Waals surface area contributed by atoms with Crippen molar-refractivity contribution < 1.29 is 4.39 Å². The Morgan fingerprint density at radius 2 is 1.86 bits per heavy atom. The van der Waals surface area contributed by atoms with Gasteiger partial charge in [-0.3, -0.25) is 0 Å². The SMILES string of the molecule is CCN(C)C=Nc1cc(Cl)c(Cc2ccccc2F)cc1Cl. The Morgan fingerprint density at radius 3 is 2.55 bits per heavy atom. The molecule has 0 fully saturated rings. The second kappa shape index (κ2) is 7.61. The molecule has 116 valence electrons. The van der Waals surface area contributed by atoms with Crippen molar-refractivity contribution in [3.05, 3.63) is 63.4 Å². The third kappa shape index (κ3) is 4.21. The van der Waals surface area contributed by atoms with Crippen LogP contribution in [-0.2, 0) is 6.42 Å². The molecule has 0 unspecified atom stereocenters. The van der Waals surface area contributed by atoms with Crippen molar-refractivity contribution in [2.45, 2.75) is 13.3 Å². The molecule has 0 N–H and O–H groups in total. The highest BCUT2D eigenvalue weighted by atomic mass is 35.5. The number of benzene rings is 2. The second-order valence-corrected chi connectivity index (χ2v) is 5.80. The molecular weight excluding hydrogens is 322 g/mol. The van der Waals surface area contributed by atoms with Gasteiger partial charge in [-0.25, -0.2) is 9.38 Å². The maximum absolute atomic E-state index is 13.7. The molecule has 0 bridgehead atoms. The van der Waals surface area contributed by atoms with Gasteiger partial charge in [-0.15, -0.1) is 0 Å². The zero-order chi connectivity index (χ0) is 16.1. The minimum Gasteiger partial charge on any atom is -0.366 e. The van der Waals surface area contributed by atoms with Gasteiger partial charge in [0.2, 0.25) is 0 Å². The van der Waals surface area contributed by atoms with Crippen LogP contribution in [0, 0.1) is 5.82 Å². The van der Waals surface area contributed by atoms with Crippen LogP contribution in [0.4, 0.5) is 10.1 Å². The molecule has 22 heavy (non-hydrogen) atoms. The molecule has 5 heteroatoms. The van der Waals surface area contributed by atoms with Crippen LogP contribution in [0.2, 0.25) is 10.0 Å². The van der Waals surface area contributed by atoms with Crippen LogP contribution in [0.5, 0.6) is 0 Å². The summed E-state index contributed by atoms with van der Waals surface area (Å²) in [7, 11) is 1.92. The molecule has 0 saturated heterocycles. The maximum atomic E-state index is 13.7. The molecule has 0 heterocycles. The number of halogens is 3. The van der Waals surface area contributed by atoms with E-state index >= 15 is 0 Å². The molecule has 2 aromatic carbocycles. The van der Waals surface area contributed by atoms with E-state index in [0.717, 1.165) is 12.1 Å². The number of nitrogens with zero attached hydrogens (tertiary/aromatic N) is 2. The van der Waals surface area contributed by atoms with E-state index in [0.29, 0.717) is 27.7 Å². The molecule has 2 aromatic rings. The lowest BCUT2D eigenvalue weighted by Crippen LogP contribution is -2.14. The van der Waals surface area contributed by atoms with Crippen LogP contribution in [0.1, 0.15) is 18.1 Å². The minimum atomic E-state index is -0.249. The van der Waals surface area contributed by atoms with Gasteiger partial charge in [0.15, 0.2) is 0 Å². The molecule has 0 amide bonds. The van der Waals surface area contributed by atoms with E-state index in [4.69, 9.17) is 23.2 Å². The highest BCUT2D eigenvalue weighted by Crippen LogP contribution is 2.32. The number of hydrogen-bond acceptors (Lipinski definition) is 1. The lowest BCUT2D eigenvalue weighted by atomic mass is 10.0. The predicted octanol–water partition coefficient (Wildman–Crippen LogP) is 5.33. The Morgan fingerprint density at radius 1 is 1.14 bits per heavy atom. The second-order valence-electron chi connectivity index (χ2n) is 4.98. The van der Waals surface area contributed by atoms with Crippen LogP contribution in [0.3, 0.4) is 0 Å². The first-order chi connectivity index (χ1) is 10.5. The summed E-state index contributed by atoms with van der Waals surface area (Å²) in [6.07, 6.45) is 2.10. The van der Waals surface area contributed by atoms with Gasteiger partial charge in [0.05, 0.1) is 17.0 Å². The molecule has 0 radical (unpaired) electrons. The van der Waals surface area contributed by atoms with Crippen LogP contribution >= 0.6 is 23.2 Å². The fourth-order valence-electron chi connectivity index (χ4n) is 1.90. The van der Waals surface area contributed by atoms with Crippen LogP contribution in [-0.4, -0.2) is 24.8 Å². The van der Waals surface area contributed by atoms with Crippen molar-refractivity contribution in [2.75, 3.05) is 13.6 Å². The Kier molecular flexibility index (Phi) is 5.81. The summed E-state index contributed by atoms with van der Waals surface area (Å²) < 4.78 is 13.7. The first-order valence-corrected chi connectivity index (χ1v) is 7.72. The largest absolute Gasteiger partial charge is 0.366 e. The first-order valence-electron chi connectivity index (χ1n) is 6.97. The molecule has 2 rings (SSSR count). The summed E-state index contributed by atoms with van der Waals surface area (Å²) in [6.45, 7) is 2.87. The summed E-state index contributed by atoms with van der Waals surface area (Å²) in [4.78, 5) is 6.24. The van der Waals surface area contributed by atoms with E-state index in [-0.39, 0.29) is 5.82 Å². The minimum absolute atomic E-state index is 0.249. The Bertz CT molecular complexity index is 686. The van der Waals surface area contributed by atoms with Gasteiger partial charge >= 0.3 is 0 Å². The highest BCUT2D eigenvalue weighted by molar-refractivity contribution is 6.35. The fraction of sp³-hybridized carbons (Fsp3) is 0.235. The average Bonchev–Trinajstić information content (AvgIpc) is 2.51. The van der Waals surface area contributed by atoms with Crippen LogP contribution in [0.25, 0.3) is 0 Å². The van der Waals surface area contributed by atoms with Gasteiger partial charge in [0.1, 0.15) is 5.82 Å². The predicted molar refractivity (Wildman–Crippen MR) is 92.1 cm³/mol. The van der Waals surface area contributed by atoms with Gasteiger partial charge in [-0.05, 0) is 36.2 Å². The van der Waals surface area contributed by atoms with Crippen LogP contribution in [0.15, 0.2) is 41.4 Å². The quantitative estimate of drug-likeness (QED) is 0.531. The van der Waals surface area contributed by atoms with Gasteiger partial charge in [-0.1, -0.05) is 41.4 Å². The third-order valence-corrected chi connectivity index (χ3v) is 4.00. The molecule has 0 aromatic heterocycles. The standard InChI is InChI=1S/C17H17Cl2FN2/c1-3-22(2)11-21-17-10-14(18)13(9-15(17)19)8-12-6-4-5-7-16(12)20/h4-7,9-11H,3,8H2,1-2H3. The number of hydrogen-bond donors (Lipinski definition) is 0. The summed E-state index contributed by atoms with van der Waals surface area (Å²) in [5, 5.41) is 1.02. The van der Waals surface area contributed by atoms with E-state index < -0.39 is 0 Å². The topological polar surface area (TPSA) is 15.6 Å². The molecule has 0 saturated carbocycles. The van der Waals surface area contributed by atoms with E-state index in [1.165, 1.54) is 6.07 Å². The molecule has 0 atom stereocenters. The Hall–Kier alpha value is -1.58. The van der Waals surface area contributed by atoms with Crippen molar-refractivity contribution in [3.63, 3.8) is 0 Å². The van der Waals surface area contributed by atoms with Crippen molar-refractivity contribution in [2.24, 2.45) is 4.99 Å². The lowest BCUT2D eigenvalue weighted by Gasteiger charge is -2.10. The Balaban J connectivity index is 2.27. The summed E-state index contributed by atoms with van der Waals surface area (Å²) >= 11 is 12.5. The summed E-state index contributed by atoms with van der Waals surface area (Å²) in [5.41, 5.74) is 1.96. The van der Waals surface area contributed by atoms with Gasteiger partial charge in [0, 0.05) is 25.0 Å². The van der Waals surface area contributed by atoms with Crippen molar-refractivity contribution in [1.29, 1.82) is 0 Å². The molecular formula is C17H17Cl2FN2. The van der Waals surface area contributed by atoms with E-state index in [1.807, 2.05) is 18.9 Å². The van der Waals surface area contributed by atoms with Gasteiger partial charge in [0.25, 0.3) is 0 Å². The smallest absolute Gasteiger partial charge is 0.126 e. The van der Waals surface area contributed by atoms with E-state index in [2.05, 4.69) is 4.99 Å². The molecule has 0 aliphatic carbocycles. The Labute approximate surface area is 140 Å². The normalized spacial score (nSPS) is 11.1. The summed E-state index contributed by atoms with van der Waals surface area (Å²) in [5.74, 6) is -0.249. The molecule has 0 aliphatic rings. The van der Waals surface area contributed by atoms with Crippen LogP contribution < -0.4 is 0 Å². The number of rotatable bonds is 5. The van der Waals surface area contributed by atoms with Gasteiger partial charge in [-0.2, -0.15) is 0 Å². The molecule has 2 nitrogen and oxygen atoms in total. The highest BCUT2D eigenvalue weighted by Gasteiger charge is 2.10. The number of aliphatic imine (C=N–C) groups is 1. The first kappa shape index (κ1) is 16.8. The third-order valence-electron chi connectivity index (χ3n) is 3.35. The zero-order valence-electron chi connectivity index (χ0n) is 12.5. The van der Waals surface area contributed by atoms with Crippen molar-refractivity contribution >= 4 is 35.2 Å². The molecule has 0 aliphatic heterocycles. The zero-order valence-corrected chi connectivity index (χ0v) is 14.0. The van der Waals surface area contributed by atoms with Gasteiger partial charge < -0.3 is 4.90 Å². The van der Waals surface area contributed by atoms with Crippen molar-refractivity contribution in [1.82, 2.24) is 4.90 Å². The summed E-state index contributed by atoms with van der Waals surface area (Å²) in [6, 6.07) is 10.1. The fourth-order valence-corrected chi connectivity index (χ4v) is 2.36. The van der Waals surface area contributed by atoms with E-state index in [9.17, 15) is 4.39 Å². The lowest BCUT2D eigenvalue weighted by molar-refractivity contribution is 0.552. The average molecular weight is 339 g/mol. The van der Waals surface area contributed by atoms with Crippen molar-refractivity contribution in [3.8, 4) is 0 Å². The maximum Gasteiger partial charge on any atom is 0.126 e. The monoisotopic (exact) mass is 338 g/mol. The van der Waals surface area contributed by atoms with E-state index in [1.54, 1.807) is 36.7 Å². The molecule has 0 spiro atoms.